The Balaban J connectivity index is 1.52. The Kier molecular flexibility index (Phi) is 4.41. The first-order valence-electron chi connectivity index (χ1n) is 9.80. The molecule has 1 atom stereocenters. The predicted octanol–water partition coefficient (Wildman–Crippen LogP) is 2.74. The quantitative estimate of drug-likeness (QED) is 0.896. The average Bonchev–Trinajstić information content (AvgIpc) is 3.31. The van der Waals surface area contributed by atoms with Crippen LogP contribution in [-0.4, -0.2) is 47.0 Å². The first-order chi connectivity index (χ1) is 12.3. The molecule has 0 bridgehead atoms. The van der Waals surface area contributed by atoms with Crippen molar-refractivity contribution >= 4 is 11.9 Å². The molecule has 4 rings (SSSR count). The molecular weight excluding hydrogens is 328 g/mol. The van der Waals surface area contributed by atoms with Crippen molar-refractivity contribution < 1.29 is 9.53 Å². The van der Waals surface area contributed by atoms with Crippen molar-refractivity contribution in [3.8, 4) is 0 Å². The third-order valence-corrected chi connectivity index (χ3v) is 5.64. The summed E-state index contributed by atoms with van der Waals surface area (Å²) in [7, 11) is 0. The van der Waals surface area contributed by atoms with Crippen LogP contribution in [0.15, 0.2) is 6.20 Å². The van der Waals surface area contributed by atoms with Crippen LogP contribution in [0.3, 0.4) is 0 Å². The zero-order valence-corrected chi connectivity index (χ0v) is 16.2. The Bertz CT molecular complexity index is 696. The summed E-state index contributed by atoms with van der Waals surface area (Å²) in [6.07, 6.45) is 6.00. The van der Waals surface area contributed by atoms with E-state index < -0.39 is 0 Å². The highest BCUT2D eigenvalue weighted by Gasteiger charge is 2.46. The molecule has 2 aliphatic heterocycles. The number of carbonyl (C=O) groups excluding carboxylic acids is 1. The lowest BCUT2D eigenvalue weighted by Crippen LogP contribution is -2.42. The smallest absolute Gasteiger partial charge is 0.223 e. The van der Waals surface area contributed by atoms with Gasteiger partial charge in [0.25, 0.3) is 0 Å². The van der Waals surface area contributed by atoms with Crippen LogP contribution in [0.5, 0.6) is 0 Å². The molecule has 1 unspecified atom stereocenters. The fraction of sp³-hybridized carbons (Fsp3) is 0.750. The standard InChI is InChI=1S/C20H30N4O2/c1-19(2,3)8-16(25)24-7-6-20(12-24)13-26-11-15-10-22-18(23-17(15)20)21-9-14-4-5-14/h10,14H,4-9,11-13H2,1-3H3,(H,21,22,23). The number of likely N-dealkylation sites (tertiary alicyclic amines) is 1. The van der Waals surface area contributed by atoms with E-state index in [0.29, 0.717) is 26.2 Å². The van der Waals surface area contributed by atoms with Gasteiger partial charge in [0.15, 0.2) is 0 Å². The molecule has 1 saturated heterocycles. The van der Waals surface area contributed by atoms with Crippen molar-refractivity contribution in [1.29, 1.82) is 0 Å². The minimum Gasteiger partial charge on any atom is -0.376 e. The highest BCUT2D eigenvalue weighted by atomic mass is 16.5. The Hall–Kier alpha value is -1.69. The second-order valence-electron chi connectivity index (χ2n) is 9.47. The van der Waals surface area contributed by atoms with E-state index in [4.69, 9.17) is 9.72 Å². The van der Waals surface area contributed by atoms with E-state index in [1.165, 1.54) is 12.8 Å². The number of nitrogens with zero attached hydrogens (tertiary/aromatic N) is 3. The van der Waals surface area contributed by atoms with Crippen LogP contribution < -0.4 is 5.32 Å². The van der Waals surface area contributed by atoms with Gasteiger partial charge in [0.1, 0.15) is 0 Å². The van der Waals surface area contributed by atoms with Gasteiger partial charge in [-0.25, -0.2) is 9.97 Å². The van der Waals surface area contributed by atoms with Crippen molar-refractivity contribution in [3.63, 3.8) is 0 Å². The van der Waals surface area contributed by atoms with Crippen LogP contribution in [0.1, 0.15) is 57.7 Å². The van der Waals surface area contributed by atoms with E-state index in [-0.39, 0.29) is 16.7 Å². The van der Waals surface area contributed by atoms with Gasteiger partial charge in [-0.15, -0.1) is 0 Å². The zero-order valence-electron chi connectivity index (χ0n) is 16.2. The SMILES string of the molecule is CC(C)(C)CC(=O)N1CCC2(COCc3cnc(NCC4CC4)nc32)C1. The van der Waals surface area contributed by atoms with E-state index in [1.807, 2.05) is 11.1 Å². The number of anilines is 1. The van der Waals surface area contributed by atoms with Gasteiger partial charge in [-0.2, -0.15) is 0 Å². The van der Waals surface area contributed by atoms with Crippen molar-refractivity contribution in [2.45, 2.75) is 58.5 Å². The number of hydrogen-bond donors (Lipinski definition) is 1. The zero-order chi connectivity index (χ0) is 18.4. The normalized spacial score (nSPS) is 25.4. The minimum absolute atomic E-state index is 0.00980. The van der Waals surface area contributed by atoms with Crippen LogP contribution in [0, 0.1) is 11.3 Å². The molecule has 1 saturated carbocycles. The number of aromatic nitrogens is 2. The summed E-state index contributed by atoms with van der Waals surface area (Å²) < 4.78 is 5.87. The van der Waals surface area contributed by atoms with Gasteiger partial charge in [-0.1, -0.05) is 20.8 Å². The van der Waals surface area contributed by atoms with E-state index in [1.54, 1.807) is 0 Å². The Morgan fingerprint density at radius 2 is 2.23 bits per heavy atom. The molecule has 6 nitrogen and oxygen atoms in total. The number of ether oxygens (including phenoxy) is 1. The fourth-order valence-electron chi connectivity index (χ4n) is 4.00. The van der Waals surface area contributed by atoms with Crippen LogP contribution in [0.25, 0.3) is 0 Å². The number of carbonyl (C=O) groups is 1. The van der Waals surface area contributed by atoms with Crippen molar-refractivity contribution in [2.75, 3.05) is 31.6 Å². The minimum atomic E-state index is -0.180. The maximum atomic E-state index is 12.7. The van der Waals surface area contributed by atoms with Gasteiger partial charge in [0.2, 0.25) is 11.9 Å². The number of nitrogens with one attached hydrogen (secondary N) is 1. The molecule has 3 heterocycles. The predicted molar refractivity (Wildman–Crippen MR) is 99.8 cm³/mol. The maximum Gasteiger partial charge on any atom is 0.223 e. The average molecular weight is 358 g/mol. The van der Waals surface area contributed by atoms with E-state index >= 15 is 0 Å². The van der Waals surface area contributed by atoms with Gasteiger partial charge in [-0.05, 0) is 30.6 Å². The number of rotatable bonds is 4. The van der Waals surface area contributed by atoms with Crippen molar-refractivity contribution in [2.24, 2.45) is 11.3 Å². The molecule has 1 N–H and O–H groups in total. The maximum absolute atomic E-state index is 12.7. The Morgan fingerprint density at radius 1 is 1.42 bits per heavy atom. The summed E-state index contributed by atoms with van der Waals surface area (Å²) in [5.41, 5.74) is 1.98. The molecule has 1 aromatic rings. The van der Waals surface area contributed by atoms with Gasteiger partial charge < -0.3 is 15.0 Å². The molecule has 2 fully saturated rings. The molecule has 0 radical (unpaired) electrons. The molecule has 1 spiro atoms. The topological polar surface area (TPSA) is 67.4 Å². The molecule has 0 aromatic carbocycles. The lowest BCUT2D eigenvalue weighted by atomic mass is 9.80. The monoisotopic (exact) mass is 358 g/mol. The summed E-state index contributed by atoms with van der Waals surface area (Å²) in [4.78, 5) is 24.0. The largest absolute Gasteiger partial charge is 0.376 e. The number of amides is 1. The molecule has 26 heavy (non-hydrogen) atoms. The molecule has 6 heteroatoms. The lowest BCUT2D eigenvalue weighted by Gasteiger charge is -2.34. The number of fused-ring (bicyclic) bond motifs is 2. The second-order valence-corrected chi connectivity index (χ2v) is 9.47. The highest BCUT2D eigenvalue weighted by Crippen LogP contribution is 2.40. The molecular formula is C20H30N4O2. The molecule has 1 aromatic heterocycles. The fourth-order valence-corrected chi connectivity index (χ4v) is 4.00. The van der Waals surface area contributed by atoms with E-state index in [2.05, 4.69) is 31.1 Å². The van der Waals surface area contributed by atoms with Crippen molar-refractivity contribution in [1.82, 2.24) is 14.9 Å². The molecule has 142 valence electrons. The van der Waals surface area contributed by atoms with Gasteiger partial charge in [0, 0.05) is 37.8 Å². The Labute approximate surface area is 155 Å². The summed E-state index contributed by atoms with van der Waals surface area (Å²) in [6, 6.07) is 0. The van der Waals surface area contributed by atoms with Crippen LogP contribution in [0.4, 0.5) is 5.95 Å². The van der Waals surface area contributed by atoms with Gasteiger partial charge >= 0.3 is 0 Å². The van der Waals surface area contributed by atoms with Crippen LogP contribution in [0.2, 0.25) is 0 Å². The Morgan fingerprint density at radius 3 is 2.96 bits per heavy atom. The number of hydrogen-bond acceptors (Lipinski definition) is 5. The first kappa shape index (κ1) is 17.7. The van der Waals surface area contributed by atoms with Gasteiger partial charge in [-0.3, -0.25) is 4.79 Å². The van der Waals surface area contributed by atoms with Crippen LogP contribution >= 0.6 is 0 Å². The third kappa shape index (κ3) is 3.70. The summed E-state index contributed by atoms with van der Waals surface area (Å²) in [5, 5.41) is 3.38. The highest BCUT2D eigenvalue weighted by molar-refractivity contribution is 5.77. The summed E-state index contributed by atoms with van der Waals surface area (Å²) in [6.45, 7) is 9.98. The molecule has 1 amide bonds. The first-order valence-corrected chi connectivity index (χ1v) is 9.80. The van der Waals surface area contributed by atoms with Crippen molar-refractivity contribution in [3.05, 3.63) is 17.5 Å². The lowest BCUT2D eigenvalue weighted by molar-refractivity contribution is -0.132. The summed E-state index contributed by atoms with van der Waals surface area (Å²) >= 11 is 0. The van der Waals surface area contributed by atoms with Crippen LogP contribution in [-0.2, 0) is 21.6 Å². The molecule has 1 aliphatic carbocycles. The third-order valence-electron chi connectivity index (χ3n) is 5.64. The van der Waals surface area contributed by atoms with Gasteiger partial charge in [0.05, 0.1) is 24.3 Å². The second kappa shape index (κ2) is 6.48. The molecule has 3 aliphatic rings. The summed E-state index contributed by atoms with van der Waals surface area (Å²) in [5.74, 6) is 1.74. The van der Waals surface area contributed by atoms with E-state index in [0.717, 1.165) is 42.6 Å². The van der Waals surface area contributed by atoms with E-state index in [9.17, 15) is 4.79 Å².